The molecule has 0 aliphatic carbocycles. The number of nitrogens with one attached hydrogen (secondary N) is 2. The second kappa shape index (κ2) is 9.53. The van der Waals surface area contributed by atoms with E-state index in [9.17, 15) is 4.79 Å². The van der Waals surface area contributed by atoms with Gasteiger partial charge >= 0.3 is 0 Å². The molecule has 2 N–H and O–H groups in total. The summed E-state index contributed by atoms with van der Waals surface area (Å²) in [5.41, 5.74) is 0.600. The van der Waals surface area contributed by atoms with Gasteiger partial charge in [0.1, 0.15) is 0 Å². The highest BCUT2D eigenvalue weighted by Gasteiger charge is 2.14. The summed E-state index contributed by atoms with van der Waals surface area (Å²) in [6.45, 7) is 2.83. The number of hydrogen-bond donors (Lipinski definition) is 2. The standard InChI is InChI=1S/C12H16BrN3O.2ClH/c13-11-4-10(7-15-8-11)12(17)16-6-9-2-1-3-14-5-9;;/h4,7-9,14H,1-3,5-6H2,(H,16,17);2*1H. The molecule has 1 saturated heterocycles. The Morgan fingerprint density at radius 3 is 2.89 bits per heavy atom. The highest BCUT2D eigenvalue weighted by Crippen LogP contribution is 2.11. The Hall–Kier alpha value is -0.360. The van der Waals surface area contributed by atoms with Crippen molar-refractivity contribution in [2.75, 3.05) is 19.6 Å². The van der Waals surface area contributed by atoms with Crippen LogP contribution in [0.1, 0.15) is 23.2 Å². The predicted molar refractivity (Wildman–Crippen MR) is 84.4 cm³/mol. The number of pyridine rings is 1. The van der Waals surface area contributed by atoms with Crippen molar-refractivity contribution >= 4 is 46.7 Å². The maximum atomic E-state index is 11.8. The minimum absolute atomic E-state index is 0. The molecule has 0 spiro atoms. The van der Waals surface area contributed by atoms with E-state index in [1.807, 2.05) is 0 Å². The largest absolute Gasteiger partial charge is 0.352 e. The average molecular weight is 371 g/mol. The zero-order valence-corrected chi connectivity index (χ0v) is 13.6. The molecule has 1 fully saturated rings. The summed E-state index contributed by atoms with van der Waals surface area (Å²) >= 11 is 3.31. The van der Waals surface area contributed by atoms with Gasteiger partial charge in [-0.3, -0.25) is 9.78 Å². The Bertz CT molecular complexity index is 400. The highest BCUT2D eigenvalue weighted by molar-refractivity contribution is 9.10. The lowest BCUT2D eigenvalue weighted by molar-refractivity contribution is 0.0944. The summed E-state index contributed by atoms with van der Waals surface area (Å²) < 4.78 is 0.824. The van der Waals surface area contributed by atoms with E-state index in [-0.39, 0.29) is 30.7 Å². The Kier molecular flexibility index (Phi) is 9.35. The van der Waals surface area contributed by atoms with Crippen LogP contribution in [0.3, 0.4) is 0 Å². The first-order valence-corrected chi connectivity index (χ1v) is 6.64. The van der Waals surface area contributed by atoms with E-state index < -0.39 is 0 Å². The lowest BCUT2D eigenvalue weighted by Gasteiger charge is -2.22. The van der Waals surface area contributed by atoms with Crippen molar-refractivity contribution in [3.05, 3.63) is 28.5 Å². The number of hydrogen-bond acceptors (Lipinski definition) is 3. The van der Waals surface area contributed by atoms with Gasteiger partial charge in [0.2, 0.25) is 0 Å². The molecule has 108 valence electrons. The molecule has 4 nitrogen and oxygen atoms in total. The molecule has 1 aromatic rings. The Morgan fingerprint density at radius 2 is 2.26 bits per heavy atom. The van der Waals surface area contributed by atoms with Crippen LogP contribution in [0.5, 0.6) is 0 Å². The second-order valence-electron chi connectivity index (χ2n) is 4.31. The summed E-state index contributed by atoms with van der Waals surface area (Å²) in [5.74, 6) is 0.497. The van der Waals surface area contributed by atoms with Gasteiger partial charge in [-0.25, -0.2) is 0 Å². The van der Waals surface area contributed by atoms with Gasteiger partial charge < -0.3 is 10.6 Å². The van der Waals surface area contributed by atoms with Crippen LogP contribution in [0.2, 0.25) is 0 Å². The van der Waals surface area contributed by atoms with Gasteiger partial charge in [-0.15, -0.1) is 24.8 Å². The van der Waals surface area contributed by atoms with E-state index in [1.54, 1.807) is 18.5 Å². The maximum Gasteiger partial charge on any atom is 0.252 e. The molecule has 0 bridgehead atoms. The van der Waals surface area contributed by atoms with E-state index in [2.05, 4.69) is 31.5 Å². The number of piperidine rings is 1. The zero-order valence-electron chi connectivity index (χ0n) is 10.4. The van der Waals surface area contributed by atoms with Gasteiger partial charge in [0.15, 0.2) is 0 Å². The maximum absolute atomic E-state index is 11.8. The Labute approximate surface area is 134 Å². The minimum atomic E-state index is -0.0515. The third kappa shape index (κ3) is 6.08. The predicted octanol–water partition coefficient (Wildman–Crippen LogP) is 2.42. The number of nitrogens with zero attached hydrogens (tertiary/aromatic N) is 1. The number of amides is 1. The van der Waals surface area contributed by atoms with Crippen molar-refractivity contribution in [2.24, 2.45) is 5.92 Å². The van der Waals surface area contributed by atoms with Crippen molar-refractivity contribution in [1.82, 2.24) is 15.6 Å². The highest BCUT2D eigenvalue weighted by atomic mass is 79.9. The van der Waals surface area contributed by atoms with Crippen molar-refractivity contribution in [3.63, 3.8) is 0 Å². The third-order valence-corrected chi connectivity index (χ3v) is 3.35. The van der Waals surface area contributed by atoms with Crippen molar-refractivity contribution in [3.8, 4) is 0 Å². The van der Waals surface area contributed by atoms with Crippen molar-refractivity contribution < 1.29 is 4.79 Å². The summed E-state index contributed by atoms with van der Waals surface area (Å²) in [7, 11) is 0. The Morgan fingerprint density at radius 1 is 1.47 bits per heavy atom. The molecule has 1 amide bonds. The second-order valence-corrected chi connectivity index (χ2v) is 5.23. The normalized spacial score (nSPS) is 17.8. The van der Waals surface area contributed by atoms with Crippen LogP contribution >= 0.6 is 40.7 Å². The number of carbonyl (C=O) groups excluding carboxylic acids is 1. The van der Waals surface area contributed by atoms with Crippen molar-refractivity contribution in [1.29, 1.82) is 0 Å². The van der Waals surface area contributed by atoms with Crippen LogP contribution in [0.25, 0.3) is 0 Å². The molecular weight excluding hydrogens is 353 g/mol. The van der Waals surface area contributed by atoms with E-state index in [1.165, 1.54) is 12.8 Å². The fourth-order valence-electron chi connectivity index (χ4n) is 1.97. The van der Waals surface area contributed by atoms with E-state index >= 15 is 0 Å². The lowest BCUT2D eigenvalue weighted by Crippen LogP contribution is -2.38. The summed E-state index contributed by atoms with van der Waals surface area (Å²) in [4.78, 5) is 15.8. The topological polar surface area (TPSA) is 54.0 Å². The lowest BCUT2D eigenvalue weighted by atomic mass is 10.00. The van der Waals surface area contributed by atoms with Crippen LogP contribution in [0.15, 0.2) is 22.9 Å². The van der Waals surface area contributed by atoms with Crippen LogP contribution in [0, 0.1) is 5.92 Å². The van der Waals surface area contributed by atoms with Gasteiger partial charge in [-0.05, 0) is 53.8 Å². The molecular formula is C12H18BrCl2N3O. The van der Waals surface area contributed by atoms with E-state index in [4.69, 9.17) is 0 Å². The van der Waals surface area contributed by atoms with Crippen LogP contribution in [-0.2, 0) is 0 Å². The van der Waals surface area contributed by atoms with E-state index in [0.29, 0.717) is 11.5 Å². The van der Waals surface area contributed by atoms with Gasteiger partial charge in [-0.2, -0.15) is 0 Å². The first kappa shape index (κ1) is 18.6. The minimum Gasteiger partial charge on any atom is -0.352 e. The molecule has 1 aliphatic heterocycles. The molecule has 19 heavy (non-hydrogen) atoms. The number of halogens is 3. The molecule has 1 aliphatic rings. The number of carbonyl (C=O) groups is 1. The van der Waals surface area contributed by atoms with Gasteiger partial charge in [0, 0.05) is 23.4 Å². The SMILES string of the molecule is Cl.Cl.O=C(NCC1CCCNC1)c1cncc(Br)c1. The van der Waals surface area contributed by atoms with E-state index in [0.717, 1.165) is 24.1 Å². The van der Waals surface area contributed by atoms with Gasteiger partial charge in [0.05, 0.1) is 5.56 Å². The smallest absolute Gasteiger partial charge is 0.252 e. The molecule has 1 aromatic heterocycles. The molecule has 0 radical (unpaired) electrons. The molecule has 0 aromatic carbocycles. The summed E-state index contributed by atoms with van der Waals surface area (Å²) in [6, 6.07) is 1.78. The molecule has 2 rings (SSSR count). The molecule has 1 unspecified atom stereocenters. The third-order valence-electron chi connectivity index (χ3n) is 2.92. The molecule has 2 heterocycles. The number of aromatic nitrogens is 1. The molecule has 0 saturated carbocycles. The number of rotatable bonds is 3. The quantitative estimate of drug-likeness (QED) is 0.858. The van der Waals surface area contributed by atoms with Crippen LogP contribution < -0.4 is 10.6 Å². The summed E-state index contributed by atoms with van der Waals surface area (Å²) in [5, 5.41) is 6.29. The summed E-state index contributed by atoms with van der Waals surface area (Å²) in [6.07, 6.45) is 5.63. The molecule has 1 atom stereocenters. The van der Waals surface area contributed by atoms with Gasteiger partial charge in [-0.1, -0.05) is 0 Å². The Balaban J connectivity index is 0.00000162. The fourth-order valence-corrected chi connectivity index (χ4v) is 2.34. The van der Waals surface area contributed by atoms with Crippen LogP contribution in [-0.4, -0.2) is 30.5 Å². The monoisotopic (exact) mass is 369 g/mol. The fraction of sp³-hybridized carbons (Fsp3) is 0.500. The molecule has 7 heteroatoms. The zero-order chi connectivity index (χ0) is 12.1. The first-order chi connectivity index (χ1) is 8.25. The van der Waals surface area contributed by atoms with Crippen LogP contribution in [0.4, 0.5) is 0 Å². The first-order valence-electron chi connectivity index (χ1n) is 5.85. The van der Waals surface area contributed by atoms with Crippen molar-refractivity contribution in [2.45, 2.75) is 12.8 Å². The average Bonchev–Trinajstić information content (AvgIpc) is 2.37. The van der Waals surface area contributed by atoms with Gasteiger partial charge in [0.25, 0.3) is 5.91 Å².